The zero-order valence-corrected chi connectivity index (χ0v) is 14.8. The van der Waals surface area contributed by atoms with Crippen LogP contribution >= 0.6 is 34.5 Å². The summed E-state index contributed by atoms with van der Waals surface area (Å²) in [6, 6.07) is 8.59. The van der Waals surface area contributed by atoms with Gasteiger partial charge in [0.05, 0.1) is 12.5 Å². The monoisotopic (exact) mass is 370 g/mol. The van der Waals surface area contributed by atoms with E-state index in [-0.39, 0.29) is 24.3 Å². The molecule has 0 bridgehead atoms. The van der Waals surface area contributed by atoms with Gasteiger partial charge in [0, 0.05) is 28.4 Å². The Balaban J connectivity index is 1.95. The molecule has 0 saturated heterocycles. The van der Waals surface area contributed by atoms with Gasteiger partial charge >= 0.3 is 0 Å². The number of hydrogen-bond donors (Lipinski definition) is 2. The summed E-state index contributed by atoms with van der Waals surface area (Å²) in [5, 5.41) is 8.58. The van der Waals surface area contributed by atoms with E-state index in [2.05, 4.69) is 10.6 Å². The first-order valence-electron chi connectivity index (χ1n) is 6.97. The Labute approximate surface area is 148 Å². The maximum absolute atomic E-state index is 12.2. The standard InChI is InChI=1S/C16H16Cl2N2O2S/c1-10(21)20-14(15-3-2-6-23-15)8-16(22)19-9-11-4-5-12(17)7-13(11)18/h2-7,14H,8-9H2,1H3,(H,19,22)(H,20,21). The fraction of sp³-hybridized carbons (Fsp3) is 0.250. The summed E-state index contributed by atoms with van der Waals surface area (Å²) in [5.41, 5.74) is 0.789. The molecular formula is C16H16Cl2N2O2S. The van der Waals surface area contributed by atoms with Crippen molar-refractivity contribution in [3.05, 3.63) is 56.2 Å². The molecule has 0 aliphatic carbocycles. The van der Waals surface area contributed by atoms with Gasteiger partial charge in [-0.05, 0) is 29.1 Å². The van der Waals surface area contributed by atoms with Gasteiger partial charge < -0.3 is 10.6 Å². The van der Waals surface area contributed by atoms with Crippen LogP contribution in [0.2, 0.25) is 10.0 Å². The molecule has 1 heterocycles. The second-order valence-corrected chi connectivity index (χ2v) is 6.81. The molecule has 0 radical (unpaired) electrons. The molecule has 2 N–H and O–H groups in total. The van der Waals surface area contributed by atoms with E-state index in [1.54, 1.807) is 18.2 Å². The number of rotatable bonds is 6. The molecule has 2 aromatic rings. The Kier molecular flexibility index (Phi) is 6.45. The van der Waals surface area contributed by atoms with Gasteiger partial charge in [-0.15, -0.1) is 11.3 Å². The highest BCUT2D eigenvalue weighted by Gasteiger charge is 2.18. The molecule has 2 amide bonds. The molecule has 23 heavy (non-hydrogen) atoms. The molecule has 0 aliphatic rings. The second kappa shape index (κ2) is 8.34. The highest BCUT2D eigenvalue weighted by molar-refractivity contribution is 7.10. The van der Waals surface area contributed by atoms with Crippen molar-refractivity contribution in [3.8, 4) is 0 Å². The largest absolute Gasteiger partial charge is 0.352 e. The van der Waals surface area contributed by atoms with Crippen molar-refractivity contribution in [2.45, 2.75) is 25.9 Å². The number of carbonyl (C=O) groups excluding carboxylic acids is 2. The summed E-state index contributed by atoms with van der Waals surface area (Å²) in [7, 11) is 0. The Hall–Kier alpha value is -1.56. The van der Waals surface area contributed by atoms with Crippen molar-refractivity contribution in [1.29, 1.82) is 0 Å². The first-order valence-corrected chi connectivity index (χ1v) is 8.60. The van der Waals surface area contributed by atoms with Crippen LogP contribution in [-0.4, -0.2) is 11.8 Å². The average Bonchev–Trinajstić information content (AvgIpc) is 2.99. The normalized spacial score (nSPS) is 11.8. The van der Waals surface area contributed by atoms with Crippen LogP contribution in [0.25, 0.3) is 0 Å². The molecule has 7 heteroatoms. The lowest BCUT2D eigenvalue weighted by molar-refractivity contribution is -0.122. The minimum Gasteiger partial charge on any atom is -0.352 e. The number of thiophene rings is 1. The molecule has 1 aromatic carbocycles. The van der Waals surface area contributed by atoms with E-state index in [0.29, 0.717) is 16.6 Å². The Morgan fingerprint density at radius 3 is 2.65 bits per heavy atom. The predicted octanol–water partition coefficient (Wildman–Crippen LogP) is 3.94. The van der Waals surface area contributed by atoms with Gasteiger partial charge in [-0.1, -0.05) is 35.3 Å². The second-order valence-electron chi connectivity index (χ2n) is 4.99. The van der Waals surface area contributed by atoms with Crippen LogP contribution in [-0.2, 0) is 16.1 Å². The molecule has 122 valence electrons. The molecule has 4 nitrogen and oxygen atoms in total. The number of halogens is 2. The molecular weight excluding hydrogens is 355 g/mol. The summed E-state index contributed by atoms with van der Waals surface area (Å²) in [4.78, 5) is 24.4. The van der Waals surface area contributed by atoms with Crippen LogP contribution in [0.3, 0.4) is 0 Å². The van der Waals surface area contributed by atoms with Crippen LogP contribution in [0.15, 0.2) is 35.7 Å². The minimum atomic E-state index is -0.326. The van der Waals surface area contributed by atoms with Gasteiger partial charge in [0.1, 0.15) is 0 Å². The fourth-order valence-corrected chi connectivity index (χ4v) is 3.33. The summed E-state index contributed by atoms with van der Waals surface area (Å²) < 4.78 is 0. The third-order valence-electron chi connectivity index (χ3n) is 3.14. The highest BCUT2D eigenvalue weighted by Crippen LogP contribution is 2.23. The SMILES string of the molecule is CC(=O)NC(CC(=O)NCc1ccc(Cl)cc1Cl)c1cccs1. The molecule has 1 atom stereocenters. The number of benzene rings is 1. The summed E-state index contributed by atoms with van der Waals surface area (Å²) >= 11 is 13.4. The zero-order chi connectivity index (χ0) is 16.8. The van der Waals surface area contributed by atoms with E-state index >= 15 is 0 Å². The average molecular weight is 371 g/mol. The van der Waals surface area contributed by atoms with Crippen LogP contribution in [0.4, 0.5) is 0 Å². The lowest BCUT2D eigenvalue weighted by Gasteiger charge is -2.16. The van der Waals surface area contributed by atoms with Crippen molar-refractivity contribution in [3.63, 3.8) is 0 Å². The number of amides is 2. The highest BCUT2D eigenvalue weighted by atomic mass is 35.5. The van der Waals surface area contributed by atoms with E-state index in [1.165, 1.54) is 18.3 Å². The molecule has 1 unspecified atom stereocenters. The zero-order valence-electron chi connectivity index (χ0n) is 12.4. The number of nitrogens with one attached hydrogen (secondary N) is 2. The Bertz CT molecular complexity index is 689. The van der Waals surface area contributed by atoms with E-state index in [0.717, 1.165) is 10.4 Å². The van der Waals surface area contributed by atoms with E-state index in [4.69, 9.17) is 23.2 Å². The smallest absolute Gasteiger partial charge is 0.222 e. The lowest BCUT2D eigenvalue weighted by Crippen LogP contribution is -2.32. The Morgan fingerprint density at radius 1 is 1.26 bits per heavy atom. The molecule has 0 fully saturated rings. The van der Waals surface area contributed by atoms with Crippen LogP contribution < -0.4 is 10.6 Å². The minimum absolute atomic E-state index is 0.164. The molecule has 1 aromatic heterocycles. The molecule has 2 rings (SSSR count). The van der Waals surface area contributed by atoms with Gasteiger partial charge in [-0.3, -0.25) is 9.59 Å². The molecule has 0 aliphatic heterocycles. The topological polar surface area (TPSA) is 58.2 Å². The quantitative estimate of drug-likeness (QED) is 0.808. The Morgan fingerprint density at radius 2 is 2.04 bits per heavy atom. The van der Waals surface area contributed by atoms with Gasteiger partial charge in [-0.25, -0.2) is 0 Å². The maximum atomic E-state index is 12.2. The van der Waals surface area contributed by atoms with Gasteiger partial charge in [-0.2, -0.15) is 0 Å². The van der Waals surface area contributed by atoms with Crippen molar-refractivity contribution < 1.29 is 9.59 Å². The lowest BCUT2D eigenvalue weighted by atomic mass is 10.1. The van der Waals surface area contributed by atoms with E-state index < -0.39 is 0 Å². The van der Waals surface area contributed by atoms with Crippen molar-refractivity contribution in [2.24, 2.45) is 0 Å². The first kappa shape index (κ1) is 17.8. The predicted molar refractivity (Wildman–Crippen MR) is 93.8 cm³/mol. The number of carbonyl (C=O) groups is 2. The fourth-order valence-electron chi connectivity index (χ4n) is 2.07. The first-order chi connectivity index (χ1) is 11.0. The van der Waals surface area contributed by atoms with Crippen molar-refractivity contribution in [2.75, 3.05) is 0 Å². The third kappa shape index (κ3) is 5.53. The van der Waals surface area contributed by atoms with Crippen LogP contribution in [0, 0.1) is 0 Å². The van der Waals surface area contributed by atoms with Crippen molar-refractivity contribution in [1.82, 2.24) is 10.6 Å². The summed E-state index contributed by atoms with van der Waals surface area (Å²) in [6.45, 7) is 1.75. The summed E-state index contributed by atoms with van der Waals surface area (Å²) in [6.07, 6.45) is 0.172. The molecule has 0 spiro atoms. The third-order valence-corrected chi connectivity index (χ3v) is 4.72. The maximum Gasteiger partial charge on any atom is 0.222 e. The van der Waals surface area contributed by atoms with Crippen molar-refractivity contribution >= 4 is 46.4 Å². The van der Waals surface area contributed by atoms with Gasteiger partial charge in [0.15, 0.2) is 0 Å². The van der Waals surface area contributed by atoms with Crippen LogP contribution in [0.5, 0.6) is 0 Å². The number of hydrogen-bond acceptors (Lipinski definition) is 3. The summed E-state index contributed by atoms with van der Waals surface area (Å²) in [5.74, 6) is -0.333. The van der Waals surface area contributed by atoms with E-state index in [1.807, 2.05) is 17.5 Å². The van der Waals surface area contributed by atoms with Gasteiger partial charge in [0.2, 0.25) is 11.8 Å². The van der Waals surface area contributed by atoms with Crippen LogP contribution in [0.1, 0.15) is 29.8 Å². The molecule has 0 saturated carbocycles. The van der Waals surface area contributed by atoms with Gasteiger partial charge in [0.25, 0.3) is 0 Å². The van der Waals surface area contributed by atoms with E-state index in [9.17, 15) is 9.59 Å².